The van der Waals surface area contributed by atoms with Crippen molar-refractivity contribution in [3.05, 3.63) is 12.7 Å². The van der Waals surface area contributed by atoms with Gasteiger partial charge in [-0.25, -0.2) is 8.42 Å². The highest BCUT2D eigenvalue weighted by Gasteiger charge is 2.42. The molecule has 1 saturated carbocycles. The average Bonchev–Trinajstić information content (AvgIpc) is 3.20. The fourth-order valence-corrected chi connectivity index (χ4v) is 3.65. The molecule has 116 valence electrons. The van der Waals surface area contributed by atoms with E-state index in [-0.39, 0.29) is 5.25 Å². The summed E-state index contributed by atoms with van der Waals surface area (Å²) in [5.74, 6) is -0.445. The summed E-state index contributed by atoms with van der Waals surface area (Å²) in [5.41, 5.74) is -0.867. The van der Waals surface area contributed by atoms with Crippen LogP contribution >= 0.6 is 0 Å². The van der Waals surface area contributed by atoms with Crippen molar-refractivity contribution >= 4 is 15.9 Å². The summed E-state index contributed by atoms with van der Waals surface area (Å²) >= 11 is 0. The minimum absolute atomic E-state index is 0.388. The maximum atomic E-state index is 12.5. The molecule has 0 aliphatic heterocycles. The topological polar surface area (TPSA) is 75.3 Å². The normalized spacial score (nSPS) is 18.3. The van der Waals surface area contributed by atoms with E-state index >= 15 is 0 Å². The lowest BCUT2D eigenvalue weighted by Crippen LogP contribution is -2.58. The number of nitrogens with one attached hydrogen (secondary N) is 2. The van der Waals surface area contributed by atoms with E-state index in [2.05, 4.69) is 16.6 Å². The molecule has 0 aromatic carbocycles. The standard InChI is InChI=1S/C14H26N2O3S/c1-4-9-14(10-5-2,15-11-6-3)13(17)16-20(18,19)12-7-8-12/h4,12,15H,1,5-11H2,2-3H3,(H,16,17). The van der Waals surface area contributed by atoms with Gasteiger partial charge in [-0.2, -0.15) is 0 Å². The second kappa shape index (κ2) is 7.22. The smallest absolute Gasteiger partial charge is 0.254 e. The summed E-state index contributed by atoms with van der Waals surface area (Å²) in [6.45, 7) is 8.35. The zero-order valence-electron chi connectivity index (χ0n) is 12.4. The zero-order chi connectivity index (χ0) is 15.2. The van der Waals surface area contributed by atoms with Crippen LogP contribution in [0, 0.1) is 0 Å². The van der Waals surface area contributed by atoms with Gasteiger partial charge in [0.1, 0.15) is 5.54 Å². The van der Waals surface area contributed by atoms with E-state index < -0.39 is 21.5 Å². The molecule has 20 heavy (non-hydrogen) atoms. The minimum atomic E-state index is -3.50. The van der Waals surface area contributed by atoms with E-state index in [1.807, 2.05) is 13.8 Å². The van der Waals surface area contributed by atoms with E-state index in [0.29, 0.717) is 32.2 Å². The number of hydrogen-bond donors (Lipinski definition) is 2. The quantitative estimate of drug-likeness (QED) is 0.602. The second-order valence-electron chi connectivity index (χ2n) is 5.43. The number of carbonyl (C=O) groups excluding carboxylic acids is 1. The van der Waals surface area contributed by atoms with Crippen molar-refractivity contribution < 1.29 is 13.2 Å². The summed E-state index contributed by atoms with van der Waals surface area (Å²) in [5, 5.41) is 2.83. The molecule has 1 rings (SSSR count). The van der Waals surface area contributed by atoms with E-state index in [9.17, 15) is 13.2 Å². The Balaban J connectivity index is 2.88. The molecule has 1 aliphatic carbocycles. The van der Waals surface area contributed by atoms with Crippen molar-refractivity contribution in [1.82, 2.24) is 10.0 Å². The fourth-order valence-electron chi connectivity index (χ4n) is 2.28. The maximum absolute atomic E-state index is 12.5. The second-order valence-corrected chi connectivity index (χ2v) is 7.39. The zero-order valence-corrected chi connectivity index (χ0v) is 13.3. The molecule has 1 fully saturated rings. The van der Waals surface area contributed by atoms with Crippen LogP contribution in [0.1, 0.15) is 52.4 Å². The van der Waals surface area contributed by atoms with Crippen LogP contribution in [-0.4, -0.2) is 31.7 Å². The monoisotopic (exact) mass is 302 g/mol. The molecule has 5 nitrogen and oxygen atoms in total. The summed E-state index contributed by atoms with van der Waals surface area (Å²) in [7, 11) is -3.50. The lowest BCUT2D eigenvalue weighted by molar-refractivity contribution is -0.126. The van der Waals surface area contributed by atoms with Crippen LogP contribution in [0.25, 0.3) is 0 Å². The van der Waals surface area contributed by atoms with Gasteiger partial charge in [0, 0.05) is 0 Å². The molecule has 0 aromatic rings. The SMILES string of the molecule is C=CCC(CCC)(NCCC)C(=O)NS(=O)(=O)C1CC1. The van der Waals surface area contributed by atoms with Crippen LogP contribution in [0.3, 0.4) is 0 Å². The molecule has 6 heteroatoms. The van der Waals surface area contributed by atoms with Crippen LogP contribution in [0.15, 0.2) is 12.7 Å². The Morgan fingerprint density at radius 3 is 2.45 bits per heavy atom. The van der Waals surface area contributed by atoms with Crippen LogP contribution in [-0.2, 0) is 14.8 Å². The van der Waals surface area contributed by atoms with Crippen LogP contribution in [0.2, 0.25) is 0 Å². The highest BCUT2D eigenvalue weighted by atomic mass is 32.2. The van der Waals surface area contributed by atoms with Crippen LogP contribution in [0.4, 0.5) is 0 Å². The van der Waals surface area contributed by atoms with Gasteiger partial charge >= 0.3 is 0 Å². The molecule has 2 N–H and O–H groups in total. The molecule has 1 aliphatic rings. The van der Waals surface area contributed by atoms with Gasteiger partial charge < -0.3 is 5.32 Å². The highest BCUT2D eigenvalue weighted by molar-refractivity contribution is 7.90. The lowest BCUT2D eigenvalue weighted by Gasteiger charge is -2.32. The molecule has 0 heterocycles. The van der Waals surface area contributed by atoms with E-state index in [4.69, 9.17) is 0 Å². The first-order valence-corrected chi connectivity index (χ1v) is 8.88. The van der Waals surface area contributed by atoms with E-state index in [0.717, 1.165) is 12.8 Å². The Kier molecular flexibility index (Phi) is 6.20. The fraction of sp³-hybridized carbons (Fsp3) is 0.786. The first-order valence-electron chi connectivity index (χ1n) is 7.34. The van der Waals surface area contributed by atoms with Gasteiger partial charge in [-0.1, -0.05) is 26.3 Å². The van der Waals surface area contributed by atoms with Gasteiger partial charge in [0.25, 0.3) is 5.91 Å². The van der Waals surface area contributed by atoms with Gasteiger partial charge in [0.15, 0.2) is 0 Å². The van der Waals surface area contributed by atoms with Crippen molar-refractivity contribution in [2.24, 2.45) is 0 Å². The molecule has 1 unspecified atom stereocenters. The number of sulfonamides is 1. The van der Waals surface area contributed by atoms with Crippen molar-refractivity contribution in [2.45, 2.75) is 63.2 Å². The Bertz CT molecular complexity index is 443. The van der Waals surface area contributed by atoms with Crippen LogP contribution < -0.4 is 10.0 Å². The van der Waals surface area contributed by atoms with Crippen molar-refractivity contribution in [3.63, 3.8) is 0 Å². The third-order valence-electron chi connectivity index (χ3n) is 3.52. The minimum Gasteiger partial charge on any atom is -0.303 e. The third-order valence-corrected chi connectivity index (χ3v) is 5.33. The van der Waals surface area contributed by atoms with Crippen molar-refractivity contribution in [1.29, 1.82) is 0 Å². The molecule has 0 spiro atoms. The van der Waals surface area contributed by atoms with E-state index in [1.54, 1.807) is 6.08 Å². The first-order chi connectivity index (χ1) is 9.41. The molecular formula is C14H26N2O3S. The first kappa shape index (κ1) is 17.2. The van der Waals surface area contributed by atoms with E-state index in [1.165, 1.54) is 0 Å². The average molecular weight is 302 g/mol. The number of amides is 1. The lowest BCUT2D eigenvalue weighted by atomic mass is 9.89. The summed E-state index contributed by atoms with van der Waals surface area (Å²) < 4.78 is 26.2. The maximum Gasteiger partial charge on any atom is 0.254 e. The largest absolute Gasteiger partial charge is 0.303 e. The molecule has 0 aromatic heterocycles. The van der Waals surface area contributed by atoms with Gasteiger partial charge in [-0.15, -0.1) is 6.58 Å². The number of rotatable bonds is 10. The summed E-state index contributed by atoms with van der Waals surface area (Å²) in [6.07, 6.45) is 5.65. The molecular weight excluding hydrogens is 276 g/mol. The predicted molar refractivity (Wildman–Crippen MR) is 80.8 cm³/mol. The highest BCUT2D eigenvalue weighted by Crippen LogP contribution is 2.28. The molecule has 1 amide bonds. The third kappa shape index (κ3) is 4.31. The van der Waals surface area contributed by atoms with Crippen molar-refractivity contribution in [3.8, 4) is 0 Å². The Hall–Kier alpha value is -0.880. The predicted octanol–water partition coefficient (Wildman–Crippen LogP) is 1.71. The Morgan fingerprint density at radius 2 is 2.00 bits per heavy atom. The van der Waals surface area contributed by atoms with Gasteiger partial charge in [-0.3, -0.25) is 9.52 Å². The molecule has 0 radical (unpaired) electrons. The molecule has 0 saturated heterocycles. The molecule has 0 bridgehead atoms. The molecule has 1 atom stereocenters. The van der Waals surface area contributed by atoms with Gasteiger partial charge in [0.05, 0.1) is 5.25 Å². The summed E-state index contributed by atoms with van der Waals surface area (Å²) in [6, 6.07) is 0. The summed E-state index contributed by atoms with van der Waals surface area (Å²) in [4.78, 5) is 12.5. The van der Waals surface area contributed by atoms with Crippen molar-refractivity contribution in [2.75, 3.05) is 6.54 Å². The number of hydrogen-bond acceptors (Lipinski definition) is 4. The van der Waals surface area contributed by atoms with Gasteiger partial charge in [-0.05, 0) is 38.6 Å². The number of carbonyl (C=O) groups is 1. The van der Waals surface area contributed by atoms with Crippen LogP contribution in [0.5, 0.6) is 0 Å². The Morgan fingerprint density at radius 1 is 1.35 bits per heavy atom. The van der Waals surface area contributed by atoms with Gasteiger partial charge in [0.2, 0.25) is 10.0 Å². The Labute approximate surface area is 122 Å².